The SMILES string of the molecule is CCC(CC)C(O)CNC(=O)c1cc(C)n(C)n1. The zero-order valence-electron chi connectivity index (χ0n) is 11.6. The van der Waals surface area contributed by atoms with Crippen molar-refractivity contribution >= 4 is 5.91 Å². The van der Waals surface area contributed by atoms with E-state index in [2.05, 4.69) is 10.4 Å². The van der Waals surface area contributed by atoms with Crippen LogP contribution in [-0.4, -0.2) is 33.4 Å². The van der Waals surface area contributed by atoms with Crippen LogP contribution in [0.4, 0.5) is 0 Å². The van der Waals surface area contributed by atoms with Crippen molar-refractivity contribution in [2.24, 2.45) is 13.0 Å². The van der Waals surface area contributed by atoms with Crippen molar-refractivity contribution in [1.82, 2.24) is 15.1 Å². The van der Waals surface area contributed by atoms with Gasteiger partial charge in [0.05, 0.1) is 6.10 Å². The van der Waals surface area contributed by atoms with E-state index in [0.29, 0.717) is 5.69 Å². The van der Waals surface area contributed by atoms with Gasteiger partial charge in [0.1, 0.15) is 5.69 Å². The van der Waals surface area contributed by atoms with E-state index in [-0.39, 0.29) is 18.4 Å². The molecule has 1 unspecified atom stereocenters. The molecule has 0 aromatic carbocycles. The number of hydrogen-bond donors (Lipinski definition) is 2. The second kappa shape index (κ2) is 6.54. The third kappa shape index (κ3) is 3.57. The first-order valence-corrected chi connectivity index (χ1v) is 6.46. The van der Waals surface area contributed by atoms with E-state index in [4.69, 9.17) is 0 Å². The summed E-state index contributed by atoms with van der Waals surface area (Å²) in [5.41, 5.74) is 1.33. The van der Waals surface area contributed by atoms with Gasteiger partial charge in [-0.1, -0.05) is 26.7 Å². The van der Waals surface area contributed by atoms with Crippen molar-refractivity contribution in [1.29, 1.82) is 0 Å². The standard InChI is InChI=1S/C13H23N3O2/c1-5-10(6-2)12(17)8-14-13(18)11-7-9(3)16(4)15-11/h7,10,12,17H,5-6,8H2,1-4H3,(H,14,18). The summed E-state index contributed by atoms with van der Waals surface area (Å²) in [6.45, 7) is 6.26. The molecule has 0 bridgehead atoms. The van der Waals surface area contributed by atoms with Gasteiger partial charge in [-0.3, -0.25) is 9.48 Å². The highest BCUT2D eigenvalue weighted by Gasteiger charge is 2.17. The molecule has 0 saturated heterocycles. The molecule has 0 saturated carbocycles. The second-order valence-electron chi connectivity index (χ2n) is 4.65. The van der Waals surface area contributed by atoms with Crippen LogP contribution in [0.1, 0.15) is 42.9 Å². The van der Waals surface area contributed by atoms with Crippen LogP contribution >= 0.6 is 0 Å². The fraction of sp³-hybridized carbons (Fsp3) is 0.692. The Morgan fingerprint density at radius 1 is 1.50 bits per heavy atom. The molecule has 1 amide bonds. The minimum atomic E-state index is -0.492. The fourth-order valence-electron chi connectivity index (χ4n) is 1.96. The molecule has 102 valence electrons. The summed E-state index contributed by atoms with van der Waals surface area (Å²) in [7, 11) is 1.80. The summed E-state index contributed by atoms with van der Waals surface area (Å²) in [6, 6.07) is 1.73. The third-order valence-electron chi connectivity index (χ3n) is 3.41. The predicted molar refractivity (Wildman–Crippen MR) is 70.4 cm³/mol. The van der Waals surface area contributed by atoms with Crippen molar-refractivity contribution in [2.45, 2.75) is 39.7 Å². The molecule has 0 aliphatic rings. The molecule has 0 spiro atoms. The molecule has 5 heteroatoms. The number of rotatable bonds is 6. The van der Waals surface area contributed by atoms with E-state index in [1.165, 1.54) is 0 Å². The summed E-state index contributed by atoms with van der Waals surface area (Å²) >= 11 is 0. The van der Waals surface area contributed by atoms with E-state index in [0.717, 1.165) is 18.5 Å². The van der Waals surface area contributed by atoms with Crippen molar-refractivity contribution in [3.63, 3.8) is 0 Å². The summed E-state index contributed by atoms with van der Waals surface area (Å²) in [4.78, 5) is 11.8. The monoisotopic (exact) mass is 253 g/mol. The lowest BCUT2D eigenvalue weighted by molar-refractivity contribution is 0.0812. The van der Waals surface area contributed by atoms with E-state index >= 15 is 0 Å². The zero-order valence-corrected chi connectivity index (χ0v) is 11.6. The molecule has 5 nitrogen and oxygen atoms in total. The highest BCUT2D eigenvalue weighted by molar-refractivity contribution is 5.92. The Morgan fingerprint density at radius 3 is 2.56 bits per heavy atom. The second-order valence-corrected chi connectivity index (χ2v) is 4.65. The molecule has 18 heavy (non-hydrogen) atoms. The molecule has 0 fully saturated rings. The molecule has 1 aromatic heterocycles. The number of aliphatic hydroxyl groups is 1. The van der Waals surface area contributed by atoms with Gasteiger partial charge in [-0.15, -0.1) is 0 Å². The number of carbonyl (C=O) groups excluding carboxylic acids is 1. The van der Waals surface area contributed by atoms with Crippen LogP contribution < -0.4 is 5.32 Å². The van der Waals surface area contributed by atoms with Crippen LogP contribution in [0.2, 0.25) is 0 Å². The zero-order chi connectivity index (χ0) is 13.7. The van der Waals surface area contributed by atoms with Gasteiger partial charge in [0.25, 0.3) is 5.91 Å². The number of nitrogens with zero attached hydrogens (tertiary/aromatic N) is 2. The van der Waals surface area contributed by atoms with Crippen molar-refractivity contribution < 1.29 is 9.90 Å². The van der Waals surface area contributed by atoms with Gasteiger partial charge in [-0.2, -0.15) is 5.10 Å². The Morgan fingerprint density at radius 2 is 2.11 bits per heavy atom. The molecule has 0 aliphatic carbocycles. The van der Waals surface area contributed by atoms with Gasteiger partial charge < -0.3 is 10.4 Å². The lowest BCUT2D eigenvalue weighted by Crippen LogP contribution is -2.36. The lowest BCUT2D eigenvalue weighted by Gasteiger charge is -2.19. The maximum absolute atomic E-state index is 11.8. The van der Waals surface area contributed by atoms with Crippen LogP contribution in [0.5, 0.6) is 0 Å². The van der Waals surface area contributed by atoms with Gasteiger partial charge in [0.2, 0.25) is 0 Å². The summed E-state index contributed by atoms with van der Waals surface area (Å²) < 4.78 is 1.66. The van der Waals surface area contributed by atoms with E-state index < -0.39 is 6.10 Å². The molecular weight excluding hydrogens is 230 g/mol. The van der Waals surface area contributed by atoms with Gasteiger partial charge >= 0.3 is 0 Å². The van der Waals surface area contributed by atoms with Crippen molar-refractivity contribution in [2.75, 3.05) is 6.54 Å². The van der Waals surface area contributed by atoms with Crippen LogP contribution in [0.3, 0.4) is 0 Å². The van der Waals surface area contributed by atoms with Crippen LogP contribution in [0.15, 0.2) is 6.07 Å². The van der Waals surface area contributed by atoms with Crippen molar-refractivity contribution in [3.8, 4) is 0 Å². The molecule has 1 heterocycles. The average molecular weight is 253 g/mol. The van der Waals surface area contributed by atoms with Gasteiger partial charge in [-0.05, 0) is 18.9 Å². The van der Waals surface area contributed by atoms with Crippen molar-refractivity contribution in [3.05, 3.63) is 17.5 Å². The minimum Gasteiger partial charge on any atom is -0.391 e. The molecule has 0 radical (unpaired) electrons. The van der Waals surface area contributed by atoms with Gasteiger partial charge in [0.15, 0.2) is 0 Å². The smallest absolute Gasteiger partial charge is 0.271 e. The fourth-order valence-corrected chi connectivity index (χ4v) is 1.96. The van der Waals surface area contributed by atoms with Crippen LogP contribution in [0.25, 0.3) is 0 Å². The maximum atomic E-state index is 11.8. The first-order valence-electron chi connectivity index (χ1n) is 6.46. The molecule has 1 atom stereocenters. The molecule has 2 N–H and O–H groups in total. The van der Waals surface area contributed by atoms with Crippen LogP contribution in [0, 0.1) is 12.8 Å². The Hall–Kier alpha value is -1.36. The summed E-state index contributed by atoms with van der Waals surface area (Å²) in [5, 5.41) is 16.7. The molecule has 0 aliphatic heterocycles. The highest BCUT2D eigenvalue weighted by atomic mass is 16.3. The summed E-state index contributed by atoms with van der Waals surface area (Å²) in [5.74, 6) is -0.000486. The van der Waals surface area contributed by atoms with Gasteiger partial charge in [-0.25, -0.2) is 0 Å². The van der Waals surface area contributed by atoms with Crippen LogP contribution in [-0.2, 0) is 7.05 Å². The first kappa shape index (κ1) is 14.7. The topological polar surface area (TPSA) is 67.2 Å². The highest BCUT2D eigenvalue weighted by Crippen LogP contribution is 2.12. The number of hydrogen-bond acceptors (Lipinski definition) is 3. The third-order valence-corrected chi connectivity index (χ3v) is 3.41. The predicted octanol–water partition coefficient (Wildman–Crippen LogP) is 1.26. The Kier molecular flexibility index (Phi) is 5.34. The Balaban J connectivity index is 2.51. The molecular formula is C13H23N3O2. The number of carbonyl (C=O) groups is 1. The quantitative estimate of drug-likeness (QED) is 0.802. The number of aryl methyl sites for hydroxylation is 2. The van der Waals surface area contributed by atoms with E-state index in [9.17, 15) is 9.90 Å². The number of aromatic nitrogens is 2. The minimum absolute atomic E-state index is 0.232. The lowest BCUT2D eigenvalue weighted by atomic mass is 9.96. The number of amides is 1. The van der Waals surface area contributed by atoms with E-state index in [1.54, 1.807) is 17.8 Å². The van der Waals surface area contributed by atoms with E-state index in [1.807, 2.05) is 20.8 Å². The van der Waals surface area contributed by atoms with Gasteiger partial charge in [0, 0.05) is 19.3 Å². The molecule has 1 aromatic rings. The maximum Gasteiger partial charge on any atom is 0.271 e. The average Bonchev–Trinajstić information content (AvgIpc) is 2.68. The molecule has 1 rings (SSSR count). The Labute approximate surface area is 108 Å². The normalized spacial score (nSPS) is 12.8. The largest absolute Gasteiger partial charge is 0.391 e. The summed E-state index contributed by atoms with van der Waals surface area (Å²) in [6.07, 6.45) is 1.33. The number of nitrogens with one attached hydrogen (secondary N) is 1. The first-order chi connectivity index (χ1) is 8.49. The number of aliphatic hydroxyl groups excluding tert-OH is 1. The Bertz CT molecular complexity index is 377.